The molecule has 3 aromatic rings. The Morgan fingerprint density at radius 2 is 2.04 bits per heavy atom. The first kappa shape index (κ1) is 17.9. The Bertz CT molecular complexity index is 1090. The summed E-state index contributed by atoms with van der Waals surface area (Å²) in [5.41, 5.74) is 3.75. The summed E-state index contributed by atoms with van der Waals surface area (Å²) >= 11 is 0. The van der Waals surface area contributed by atoms with E-state index in [2.05, 4.69) is 21.4 Å². The molecule has 1 aliphatic heterocycles. The van der Waals surface area contributed by atoms with E-state index in [9.17, 15) is 9.59 Å². The van der Waals surface area contributed by atoms with Crippen molar-refractivity contribution in [3.05, 3.63) is 71.6 Å². The number of likely N-dealkylation sites (N-methyl/N-ethyl adjacent to an activating group) is 1. The number of benzene rings is 1. The molecule has 2 amide bonds. The average molecular weight is 372 g/mol. The van der Waals surface area contributed by atoms with Gasteiger partial charge in [-0.3, -0.25) is 14.6 Å². The monoisotopic (exact) mass is 372 g/mol. The number of nitrogens with one attached hydrogen (secondary N) is 1. The van der Waals surface area contributed by atoms with Crippen LogP contribution < -0.4 is 5.32 Å². The molecular formula is C22H20N4O2. The summed E-state index contributed by atoms with van der Waals surface area (Å²) in [6.07, 6.45) is 7.88. The zero-order valence-electron chi connectivity index (χ0n) is 15.6. The first-order chi connectivity index (χ1) is 13.6. The maximum atomic E-state index is 12.5. The lowest BCUT2D eigenvalue weighted by molar-refractivity contribution is -0.125. The molecule has 140 valence electrons. The summed E-state index contributed by atoms with van der Waals surface area (Å²) in [6, 6.07) is 11.9. The number of carbonyl (C=O) groups is 2. The van der Waals surface area contributed by atoms with E-state index in [4.69, 9.17) is 0 Å². The summed E-state index contributed by atoms with van der Waals surface area (Å²) < 4.78 is 0. The molecule has 6 heteroatoms. The van der Waals surface area contributed by atoms with Gasteiger partial charge in [0.15, 0.2) is 0 Å². The molecule has 0 atom stereocenters. The number of para-hydroxylation sites is 1. The molecule has 4 rings (SSSR count). The molecule has 0 saturated carbocycles. The Kier molecular flexibility index (Phi) is 4.85. The van der Waals surface area contributed by atoms with Crippen molar-refractivity contribution in [1.29, 1.82) is 0 Å². The van der Waals surface area contributed by atoms with Gasteiger partial charge in [0.1, 0.15) is 5.82 Å². The van der Waals surface area contributed by atoms with Crippen LogP contribution in [0.25, 0.3) is 17.0 Å². The van der Waals surface area contributed by atoms with Gasteiger partial charge in [-0.15, -0.1) is 0 Å². The summed E-state index contributed by atoms with van der Waals surface area (Å²) in [5, 5.41) is 3.81. The van der Waals surface area contributed by atoms with Crippen LogP contribution in [0.1, 0.15) is 23.1 Å². The number of amides is 2. The van der Waals surface area contributed by atoms with Crippen LogP contribution in [0.3, 0.4) is 0 Å². The minimum Gasteiger partial charge on any atom is -0.338 e. The summed E-state index contributed by atoms with van der Waals surface area (Å²) in [4.78, 5) is 34.2. The van der Waals surface area contributed by atoms with Gasteiger partial charge in [0, 0.05) is 43.9 Å². The van der Waals surface area contributed by atoms with Crippen molar-refractivity contribution in [2.24, 2.45) is 0 Å². The van der Waals surface area contributed by atoms with Gasteiger partial charge < -0.3 is 10.2 Å². The van der Waals surface area contributed by atoms with E-state index in [0.29, 0.717) is 25.2 Å². The number of aryl methyl sites for hydroxylation is 1. The van der Waals surface area contributed by atoms with Gasteiger partial charge in [-0.1, -0.05) is 18.2 Å². The third-order valence-electron chi connectivity index (χ3n) is 4.73. The lowest BCUT2D eigenvalue weighted by atomic mass is 10.0. The van der Waals surface area contributed by atoms with E-state index in [1.165, 1.54) is 0 Å². The zero-order chi connectivity index (χ0) is 19.5. The minimum atomic E-state index is -0.0980. The van der Waals surface area contributed by atoms with Gasteiger partial charge >= 0.3 is 0 Å². The molecule has 3 heterocycles. The molecule has 1 aliphatic rings. The van der Waals surface area contributed by atoms with E-state index in [-0.39, 0.29) is 11.8 Å². The number of nitrogens with zero attached hydrogens (tertiary/aromatic N) is 3. The summed E-state index contributed by atoms with van der Waals surface area (Å²) in [7, 11) is 1.77. The first-order valence-electron chi connectivity index (χ1n) is 9.14. The van der Waals surface area contributed by atoms with Crippen molar-refractivity contribution in [1.82, 2.24) is 14.9 Å². The first-order valence-corrected chi connectivity index (χ1v) is 9.14. The number of pyridine rings is 2. The molecule has 28 heavy (non-hydrogen) atoms. The Morgan fingerprint density at radius 1 is 1.18 bits per heavy atom. The molecule has 0 radical (unpaired) electrons. The van der Waals surface area contributed by atoms with Crippen LogP contribution in [0, 0.1) is 0 Å². The fraction of sp³-hybridized carbons (Fsp3) is 0.182. The van der Waals surface area contributed by atoms with Crippen LogP contribution in [0.5, 0.6) is 0 Å². The Morgan fingerprint density at radius 3 is 2.93 bits per heavy atom. The van der Waals surface area contributed by atoms with Gasteiger partial charge in [0.25, 0.3) is 0 Å². The van der Waals surface area contributed by atoms with Gasteiger partial charge in [-0.05, 0) is 47.4 Å². The van der Waals surface area contributed by atoms with Crippen LogP contribution in [0.2, 0.25) is 0 Å². The van der Waals surface area contributed by atoms with Crippen molar-refractivity contribution in [3.63, 3.8) is 0 Å². The number of fused-ring (bicyclic) bond motifs is 2. The highest BCUT2D eigenvalue weighted by molar-refractivity contribution is 5.93. The minimum absolute atomic E-state index is 0.0109. The maximum absolute atomic E-state index is 12.5. The standard InChI is InChI=1S/C22H20N4O2/c1-26(14-16-11-17-4-2-3-5-19(17)23-13-16)21(28)9-6-15-10-18-7-8-20(27)25-22(18)24-12-15/h2-6,9-13H,7-8,14H2,1H3,(H,24,25,27). The van der Waals surface area contributed by atoms with E-state index in [1.54, 1.807) is 36.5 Å². The summed E-state index contributed by atoms with van der Waals surface area (Å²) in [5.74, 6) is 0.503. The van der Waals surface area contributed by atoms with Gasteiger partial charge in [0.05, 0.1) is 5.52 Å². The van der Waals surface area contributed by atoms with Crippen LogP contribution in [-0.2, 0) is 22.6 Å². The maximum Gasteiger partial charge on any atom is 0.246 e. The van der Waals surface area contributed by atoms with Crippen molar-refractivity contribution >= 4 is 34.6 Å². The zero-order valence-corrected chi connectivity index (χ0v) is 15.6. The molecule has 0 spiro atoms. The van der Waals surface area contributed by atoms with Crippen LogP contribution in [0.15, 0.2) is 54.9 Å². The number of hydrogen-bond donors (Lipinski definition) is 1. The van der Waals surface area contributed by atoms with E-state index in [0.717, 1.165) is 27.6 Å². The lowest BCUT2D eigenvalue weighted by Crippen LogP contribution is -2.24. The van der Waals surface area contributed by atoms with Crippen LogP contribution >= 0.6 is 0 Å². The summed E-state index contributed by atoms with van der Waals surface area (Å²) in [6.45, 7) is 0.482. The predicted octanol–water partition coefficient (Wildman–Crippen LogP) is 3.19. The van der Waals surface area contributed by atoms with Crippen molar-refractivity contribution in [2.75, 3.05) is 12.4 Å². The number of hydrogen-bond acceptors (Lipinski definition) is 4. The van der Waals surface area contributed by atoms with E-state index < -0.39 is 0 Å². The molecule has 0 aliphatic carbocycles. The normalized spacial score (nSPS) is 13.4. The molecule has 6 nitrogen and oxygen atoms in total. The molecule has 0 saturated heterocycles. The third kappa shape index (κ3) is 3.91. The highest BCUT2D eigenvalue weighted by Gasteiger charge is 2.15. The quantitative estimate of drug-likeness (QED) is 0.714. The smallest absolute Gasteiger partial charge is 0.246 e. The van der Waals surface area contributed by atoms with Crippen molar-refractivity contribution < 1.29 is 9.59 Å². The molecule has 2 aromatic heterocycles. The number of anilines is 1. The number of aromatic nitrogens is 2. The predicted molar refractivity (Wildman–Crippen MR) is 108 cm³/mol. The van der Waals surface area contributed by atoms with Crippen LogP contribution in [0.4, 0.5) is 5.82 Å². The highest BCUT2D eigenvalue weighted by atomic mass is 16.2. The Hall–Kier alpha value is -3.54. The average Bonchev–Trinajstić information content (AvgIpc) is 2.71. The number of rotatable bonds is 4. The number of carbonyl (C=O) groups excluding carboxylic acids is 2. The fourth-order valence-electron chi connectivity index (χ4n) is 3.22. The SMILES string of the molecule is CN(Cc1cnc2ccccc2c1)C(=O)C=Cc1cnc2c(c1)CCC(=O)N2. The molecule has 0 bridgehead atoms. The van der Waals surface area contributed by atoms with Gasteiger partial charge in [-0.2, -0.15) is 0 Å². The topological polar surface area (TPSA) is 75.2 Å². The van der Waals surface area contributed by atoms with Gasteiger partial charge in [0.2, 0.25) is 11.8 Å². The highest BCUT2D eigenvalue weighted by Crippen LogP contribution is 2.21. The second-order valence-electron chi connectivity index (χ2n) is 6.89. The molecule has 1 aromatic carbocycles. The fourth-order valence-corrected chi connectivity index (χ4v) is 3.22. The van der Waals surface area contributed by atoms with E-state index >= 15 is 0 Å². The molecule has 0 unspecified atom stereocenters. The van der Waals surface area contributed by atoms with E-state index in [1.807, 2.05) is 30.3 Å². The molecule has 1 N–H and O–H groups in total. The second kappa shape index (κ2) is 7.60. The Labute approximate surface area is 162 Å². The lowest BCUT2D eigenvalue weighted by Gasteiger charge is -2.16. The third-order valence-corrected chi connectivity index (χ3v) is 4.73. The largest absolute Gasteiger partial charge is 0.338 e. The van der Waals surface area contributed by atoms with Crippen molar-refractivity contribution in [2.45, 2.75) is 19.4 Å². The second-order valence-corrected chi connectivity index (χ2v) is 6.89. The van der Waals surface area contributed by atoms with Crippen molar-refractivity contribution in [3.8, 4) is 0 Å². The Balaban J connectivity index is 1.43. The van der Waals surface area contributed by atoms with Gasteiger partial charge in [-0.25, -0.2) is 4.98 Å². The molecular weight excluding hydrogens is 352 g/mol. The van der Waals surface area contributed by atoms with Crippen LogP contribution in [-0.4, -0.2) is 33.7 Å². The molecule has 0 fully saturated rings.